The lowest BCUT2D eigenvalue weighted by molar-refractivity contribution is -0.148. The second-order valence-corrected chi connectivity index (χ2v) is 9.02. The lowest BCUT2D eigenvalue weighted by Gasteiger charge is -2.22. The van der Waals surface area contributed by atoms with E-state index in [1.54, 1.807) is 22.7 Å². The molecule has 142 valence electrons. The first-order valence-corrected chi connectivity index (χ1v) is 10.6. The van der Waals surface area contributed by atoms with E-state index in [1.165, 1.54) is 0 Å². The molecule has 6 nitrogen and oxygen atoms in total. The van der Waals surface area contributed by atoms with Gasteiger partial charge in [-0.2, -0.15) is 0 Å². The number of fused-ring (bicyclic) bond motifs is 3. The quantitative estimate of drug-likeness (QED) is 0.526. The largest absolute Gasteiger partial charge is 0.459 e. The van der Waals surface area contributed by atoms with E-state index in [2.05, 4.69) is 5.32 Å². The molecule has 3 amide bonds. The Kier molecular flexibility index (Phi) is 3.99. The number of amides is 3. The van der Waals surface area contributed by atoms with Crippen LogP contribution in [0.15, 0.2) is 41.8 Å². The minimum Gasteiger partial charge on any atom is -0.459 e. The summed E-state index contributed by atoms with van der Waals surface area (Å²) in [5, 5.41) is 4.83. The molecular weight excluding hydrogens is 396 g/mol. The molecule has 5 rings (SSSR count). The highest BCUT2D eigenvalue weighted by Crippen LogP contribution is 2.41. The maximum absolute atomic E-state index is 13.0. The first-order chi connectivity index (χ1) is 13.6. The van der Waals surface area contributed by atoms with Crippen LogP contribution in [0.1, 0.15) is 22.4 Å². The van der Waals surface area contributed by atoms with Crippen LogP contribution in [-0.2, 0) is 32.9 Å². The SMILES string of the molecule is O=C(CN1C(=O)NC2(CCc3ccccc32)C1=O)OCc1cc2sccc2s1. The average molecular weight is 412 g/mol. The van der Waals surface area contributed by atoms with Crippen molar-refractivity contribution in [1.29, 1.82) is 0 Å². The fourth-order valence-electron chi connectivity index (χ4n) is 3.95. The fraction of sp³-hybridized carbons (Fsp3) is 0.250. The van der Waals surface area contributed by atoms with E-state index >= 15 is 0 Å². The molecule has 0 radical (unpaired) electrons. The van der Waals surface area contributed by atoms with Gasteiger partial charge >= 0.3 is 12.0 Å². The smallest absolute Gasteiger partial charge is 0.326 e. The maximum Gasteiger partial charge on any atom is 0.326 e. The molecular formula is C20H16N2O4S2. The Balaban J connectivity index is 1.28. The number of thiophene rings is 2. The predicted octanol–water partition coefficient (Wildman–Crippen LogP) is 3.40. The van der Waals surface area contributed by atoms with Crippen molar-refractivity contribution < 1.29 is 19.1 Å². The summed E-state index contributed by atoms with van der Waals surface area (Å²) in [6.45, 7) is -0.239. The van der Waals surface area contributed by atoms with Crippen molar-refractivity contribution in [3.05, 3.63) is 57.8 Å². The normalized spacial score (nSPS) is 20.8. The van der Waals surface area contributed by atoms with Crippen molar-refractivity contribution in [2.24, 2.45) is 0 Å². The maximum atomic E-state index is 13.0. The minimum absolute atomic E-state index is 0.141. The highest BCUT2D eigenvalue weighted by atomic mass is 32.1. The third kappa shape index (κ3) is 2.63. The Hall–Kier alpha value is -2.71. The first-order valence-electron chi connectivity index (χ1n) is 8.91. The first kappa shape index (κ1) is 17.4. The number of esters is 1. The number of benzene rings is 1. The molecule has 1 atom stereocenters. The third-order valence-electron chi connectivity index (χ3n) is 5.28. The van der Waals surface area contributed by atoms with Crippen LogP contribution in [0.4, 0.5) is 4.79 Å². The second kappa shape index (κ2) is 6.42. The molecule has 1 unspecified atom stereocenters. The van der Waals surface area contributed by atoms with E-state index in [4.69, 9.17) is 4.74 Å². The number of nitrogens with one attached hydrogen (secondary N) is 1. The van der Waals surface area contributed by atoms with Gasteiger partial charge in [0.1, 0.15) is 18.7 Å². The average Bonchev–Trinajstić information content (AvgIpc) is 3.41. The lowest BCUT2D eigenvalue weighted by Crippen LogP contribution is -2.42. The Morgan fingerprint density at radius 3 is 2.93 bits per heavy atom. The molecule has 0 bridgehead atoms. The van der Waals surface area contributed by atoms with Crippen LogP contribution in [0.25, 0.3) is 9.40 Å². The van der Waals surface area contributed by atoms with Gasteiger partial charge in [0.05, 0.1) is 0 Å². The van der Waals surface area contributed by atoms with Crippen molar-refractivity contribution in [3.8, 4) is 0 Å². The summed E-state index contributed by atoms with van der Waals surface area (Å²) in [7, 11) is 0. The number of hydrogen-bond donors (Lipinski definition) is 1. The van der Waals surface area contributed by atoms with Crippen LogP contribution in [0, 0.1) is 0 Å². The van der Waals surface area contributed by atoms with Gasteiger partial charge in [-0.15, -0.1) is 22.7 Å². The number of nitrogens with zero attached hydrogens (tertiary/aromatic N) is 1. The highest BCUT2D eigenvalue weighted by molar-refractivity contribution is 7.26. The zero-order chi connectivity index (χ0) is 19.3. The van der Waals surface area contributed by atoms with E-state index in [9.17, 15) is 14.4 Å². The van der Waals surface area contributed by atoms with Crippen LogP contribution < -0.4 is 5.32 Å². The molecule has 1 aliphatic heterocycles. The minimum atomic E-state index is -1.05. The van der Waals surface area contributed by atoms with Crippen LogP contribution in [0.5, 0.6) is 0 Å². The number of carbonyl (C=O) groups excluding carboxylic acids is 3. The molecule has 0 saturated carbocycles. The number of rotatable bonds is 4. The van der Waals surface area contributed by atoms with Crippen molar-refractivity contribution in [3.63, 3.8) is 0 Å². The van der Waals surface area contributed by atoms with Gasteiger partial charge in [0, 0.05) is 14.3 Å². The van der Waals surface area contributed by atoms with Gasteiger partial charge in [-0.3, -0.25) is 14.5 Å². The number of imide groups is 1. The second-order valence-electron chi connectivity index (χ2n) is 6.91. The zero-order valence-corrected chi connectivity index (χ0v) is 16.4. The summed E-state index contributed by atoms with van der Waals surface area (Å²) in [5.74, 6) is -0.973. The summed E-state index contributed by atoms with van der Waals surface area (Å²) in [6.07, 6.45) is 1.23. The number of carbonyl (C=O) groups is 3. The Bertz CT molecular complexity index is 1090. The van der Waals surface area contributed by atoms with Gasteiger partial charge in [-0.05, 0) is 41.5 Å². The molecule has 1 N–H and O–H groups in total. The molecule has 1 saturated heterocycles. The molecule has 1 aromatic carbocycles. The standard InChI is InChI=1S/C20H16N2O4S2/c23-17(26-11-13-9-16-15(28-13)6-8-27-16)10-22-18(24)20(21-19(22)25)7-5-12-3-1-2-4-14(12)20/h1-4,6,8-9H,5,7,10-11H2,(H,21,25). The van der Waals surface area contributed by atoms with Gasteiger partial charge in [-0.1, -0.05) is 24.3 Å². The van der Waals surface area contributed by atoms with Crippen molar-refractivity contribution >= 4 is 50.0 Å². The van der Waals surface area contributed by atoms with Crippen LogP contribution in [0.2, 0.25) is 0 Å². The van der Waals surface area contributed by atoms with Crippen LogP contribution in [-0.4, -0.2) is 29.4 Å². The van der Waals surface area contributed by atoms with E-state index in [0.717, 1.165) is 36.7 Å². The molecule has 1 spiro atoms. The summed E-state index contributed by atoms with van der Waals surface area (Å²) in [4.78, 5) is 39.7. The van der Waals surface area contributed by atoms with Crippen LogP contribution in [0.3, 0.4) is 0 Å². The fourth-order valence-corrected chi connectivity index (χ4v) is 5.99. The van der Waals surface area contributed by atoms with E-state index in [-0.39, 0.29) is 19.1 Å². The molecule has 2 aromatic heterocycles. The van der Waals surface area contributed by atoms with E-state index < -0.39 is 17.5 Å². The van der Waals surface area contributed by atoms with Gasteiger partial charge in [-0.25, -0.2) is 4.79 Å². The van der Waals surface area contributed by atoms with E-state index in [0.29, 0.717) is 6.42 Å². The van der Waals surface area contributed by atoms with Gasteiger partial charge < -0.3 is 10.1 Å². The number of aryl methyl sites for hydroxylation is 1. The molecule has 3 aromatic rings. The lowest BCUT2D eigenvalue weighted by atomic mass is 9.92. The summed E-state index contributed by atoms with van der Waals surface area (Å²) in [6, 6.07) is 11.1. The number of urea groups is 1. The van der Waals surface area contributed by atoms with Gasteiger partial charge in [0.15, 0.2) is 0 Å². The molecule has 1 aliphatic carbocycles. The third-order valence-corrected chi connectivity index (χ3v) is 7.34. The molecule has 1 fully saturated rings. The Morgan fingerprint density at radius 2 is 2.07 bits per heavy atom. The van der Waals surface area contributed by atoms with E-state index in [1.807, 2.05) is 41.8 Å². The molecule has 8 heteroatoms. The monoisotopic (exact) mass is 412 g/mol. The topological polar surface area (TPSA) is 75.7 Å². The van der Waals surface area contributed by atoms with Crippen molar-refractivity contribution in [2.45, 2.75) is 25.0 Å². The van der Waals surface area contributed by atoms with Gasteiger partial charge in [0.2, 0.25) is 0 Å². The molecule has 28 heavy (non-hydrogen) atoms. The Morgan fingerprint density at radius 1 is 1.21 bits per heavy atom. The predicted molar refractivity (Wildman–Crippen MR) is 106 cm³/mol. The summed E-state index contributed by atoms with van der Waals surface area (Å²) >= 11 is 3.21. The highest BCUT2D eigenvalue weighted by Gasteiger charge is 2.55. The Labute approximate surface area is 168 Å². The van der Waals surface area contributed by atoms with Crippen molar-refractivity contribution in [1.82, 2.24) is 10.2 Å². The van der Waals surface area contributed by atoms with Crippen molar-refractivity contribution in [2.75, 3.05) is 6.54 Å². The van der Waals surface area contributed by atoms with Crippen LogP contribution >= 0.6 is 22.7 Å². The summed E-state index contributed by atoms with van der Waals surface area (Å²) in [5.41, 5.74) is 0.826. The number of hydrogen-bond acceptors (Lipinski definition) is 6. The molecule has 2 aliphatic rings. The zero-order valence-electron chi connectivity index (χ0n) is 14.8. The molecule has 3 heterocycles. The van der Waals surface area contributed by atoms with Gasteiger partial charge in [0.25, 0.3) is 5.91 Å². The summed E-state index contributed by atoms with van der Waals surface area (Å²) < 4.78 is 7.63. The number of ether oxygens (including phenoxy) is 1.